The number of nitrogens with zero attached hydrogens (tertiary/aromatic N) is 6. The third kappa shape index (κ3) is 2.55. The summed E-state index contributed by atoms with van der Waals surface area (Å²) in [5.41, 5.74) is 2.02. The summed E-state index contributed by atoms with van der Waals surface area (Å²) in [6.07, 6.45) is 6.15. The van der Waals surface area contributed by atoms with E-state index >= 15 is 0 Å². The Morgan fingerprint density at radius 3 is 2.79 bits per heavy atom. The Kier molecular flexibility index (Phi) is 3.11. The van der Waals surface area contributed by atoms with E-state index in [9.17, 15) is 0 Å². The van der Waals surface area contributed by atoms with Crippen LogP contribution in [0.2, 0.25) is 0 Å². The first-order valence-electron chi connectivity index (χ1n) is 8.48. The van der Waals surface area contributed by atoms with Crippen LogP contribution in [0, 0.1) is 5.92 Å². The molecular formula is C17H19N7. The van der Waals surface area contributed by atoms with Crippen LogP contribution in [0.25, 0.3) is 5.65 Å². The molecule has 7 nitrogen and oxygen atoms in total. The molecule has 3 aromatic rings. The summed E-state index contributed by atoms with van der Waals surface area (Å²) in [6.45, 7) is 2.94. The zero-order valence-electron chi connectivity index (χ0n) is 13.3. The molecule has 122 valence electrons. The maximum absolute atomic E-state index is 4.48. The zero-order chi connectivity index (χ0) is 15.9. The summed E-state index contributed by atoms with van der Waals surface area (Å²) in [5, 5.41) is 16.6. The Labute approximate surface area is 139 Å². The molecule has 1 aliphatic carbocycles. The average molecular weight is 321 g/mol. The molecule has 0 aromatic carbocycles. The van der Waals surface area contributed by atoms with Crippen LogP contribution in [0.15, 0.2) is 36.7 Å². The van der Waals surface area contributed by atoms with E-state index in [1.807, 2.05) is 18.3 Å². The van der Waals surface area contributed by atoms with Gasteiger partial charge in [0, 0.05) is 43.9 Å². The quantitative estimate of drug-likeness (QED) is 0.774. The normalized spacial score (nSPS) is 17.9. The second-order valence-electron chi connectivity index (χ2n) is 6.69. The van der Waals surface area contributed by atoms with Crippen LogP contribution in [0.3, 0.4) is 0 Å². The van der Waals surface area contributed by atoms with Crippen molar-refractivity contribution in [3.8, 4) is 0 Å². The Morgan fingerprint density at radius 1 is 1.08 bits per heavy atom. The van der Waals surface area contributed by atoms with Crippen molar-refractivity contribution in [1.82, 2.24) is 24.8 Å². The standard InChI is InChI=1S/C17H19N7/c1-2-13(1)14-3-5-17(21-20-14)23-10-12(11-23)9-19-15-4-6-16-18-7-8-24(16)22-15/h3-8,12-13H,1-2,9-11H2,(H,19,22). The number of hydrogen-bond donors (Lipinski definition) is 1. The van der Waals surface area contributed by atoms with E-state index in [2.05, 4.69) is 42.6 Å². The summed E-state index contributed by atoms with van der Waals surface area (Å²) >= 11 is 0. The van der Waals surface area contributed by atoms with Gasteiger partial charge >= 0.3 is 0 Å². The molecule has 0 unspecified atom stereocenters. The van der Waals surface area contributed by atoms with Crippen LogP contribution in [0.4, 0.5) is 11.6 Å². The van der Waals surface area contributed by atoms with E-state index in [0.29, 0.717) is 11.8 Å². The number of imidazole rings is 1. The minimum absolute atomic E-state index is 0.607. The SMILES string of the molecule is c1cn2nc(NCC3CN(c4ccc(C5CC5)nn4)C3)ccc2n1. The van der Waals surface area contributed by atoms with Crippen LogP contribution in [-0.4, -0.2) is 44.4 Å². The minimum atomic E-state index is 0.607. The number of fused-ring (bicyclic) bond motifs is 1. The van der Waals surface area contributed by atoms with Gasteiger partial charge in [-0.15, -0.1) is 10.2 Å². The highest BCUT2D eigenvalue weighted by molar-refractivity contribution is 5.45. The molecule has 4 heterocycles. The van der Waals surface area contributed by atoms with Crippen molar-refractivity contribution >= 4 is 17.3 Å². The van der Waals surface area contributed by atoms with Gasteiger partial charge in [-0.3, -0.25) is 0 Å². The molecular weight excluding hydrogens is 302 g/mol. The van der Waals surface area contributed by atoms with E-state index in [4.69, 9.17) is 0 Å². The van der Waals surface area contributed by atoms with Crippen LogP contribution in [0.5, 0.6) is 0 Å². The monoisotopic (exact) mass is 321 g/mol. The lowest BCUT2D eigenvalue weighted by Crippen LogP contribution is -2.50. The third-order valence-corrected chi connectivity index (χ3v) is 4.77. The lowest BCUT2D eigenvalue weighted by atomic mass is 10.0. The molecule has 24 heavy (non-hydrogen) atoms. The first-order valence-corrected chi connectivity index (χ1v) is 8.48. The smallest absolute Gasteiger partial charge is 0.153 e. The first-order chi connectivity index (χ1) is 11.8. The summed E-state index contributed by atoms with van der Waals surface area (Å²) < 4.78 is 1.78. The average Bonchev–Trinajstić information content (AvgIpc) is 3.32. The van der Waals surface area contributed by atoms with Gasteiger partial charge in [0.05, 0.1) is 5.69 Å². The predicted octanol–water partition coefficient (Wildman–Crippen LogP) is 1.94. The van der Waals surface area contributed by atoms with Crippen molar-refractivity contribution in [2.24, 2.45) is 5.92 Å². The summed E-state index contributed by atoms with van der Waals surface area (Å²) in [4.78, 5) is 6.48. The molecule has 7 heteroatoms. The Balaban J connectivity index is 1.15. The lowest BCUT2D eigenvalue weighted by Gasteiger charge is -2.40. The molecule has 3 aromatic heterocycles. The molecule has 0 amide bonds. The fraction of sp³-hybridized carbons (Fsp3) is 0.412. The number of nitrogens with one attached hydrogen (secondary N) is 1. The minimum Gasteiger partial charge on any atom is -0.368 e. The highest BCUT2D eigenvalue weighted by Crippen LogP contribution is 2.38. The van der Waals surface area contributed by atoms with Crippen molar-refractivity contribution < 1.29 is 0 Å². The molecule has 0 atom stereocenters. The topological polar surface area (TPSA) is 71.2 Å². The van der Waals surface area contributed by atoms with Gasteiger partial charge < -0.3 is 10.2 Å². The van der Waals surface area contributed by atoms with Gasteiger partial charge in [-0.1, -0.05) is 0 Å². The number of rotatable bonds is 5. The third-order valence-electron chi connectivity index (χ3n) is 4.77. The van der Waals surface area contributed by atoms with Crippen LogP contribution < -0.4 is 10.2 Å². The number of anilines is 2. The fourth-order valence-electron chi connectivity index (χ4n) is 3.15. The van der Waals surface area contributed by atoms with E-state index in [-0.39, 0.29) is 0 Å². The van der Waals surface area contributed by atoms with Crippen molar-refractivity contribution in [2.45, 2.75) is 18.8 Å². The molecule has 1 saturated carbocycles. The van der Waals surface area contributed by atoms with Crippen LogP contribution in [-0.2, 0) is 0 Å². The molecule has 5 rings (SSSR count). The summed E-state index contributed by atoms with van der Waals surface area (Å²) in [5.74, 6) is 3.15. The lowest BCUT2D eigenvalue weighted by molar-refractivity contribution is 0.425. The van der Waals surface area contributed by atoms with Crippen molar-refractivity contribution in [1.29, 1.82) is 0 Å². The molecule has 2 aliphatic rings. The second-order valence-corrected chi connectivity index (χ2v) is 6.69. The van der Waals surface area contributed by atoms with Gasteiger partial charge in [-0.25, -0.2) is 9.50 Å². The summed E-state index contributed by atoms with van der Waals surface area (Å²) in [7, 11) is 0. The van der Waals surface area contributed by atoms with E-state index in [0.717, 1.165) is 42.6 Å². The largest absolute Gasteiger partial charge is 0.368 e. The molecule has 0 bridgehead atoms. The molecule has 0 radical (unpaired) electrons. The Hall–Kier alpha value is -2.70. The van der Waals surface area contributed by atoms with Gasteiger partial charge in [-0.05, 0) is 37.1 Å². The van der Waals surface area contributed by atoms with Gasteiger partial charge in [0.2, 0.25) is 0 Å². The van der Waals surface area contributed by atoms with E-state index < -0.39 is 0 Å². The Bertz CT molecular complexity index is 847. The van der Waals surface area contributed by atoms with Crippen molar-refractivity contribution in [3.63, 3.8) is 0 Å². The van der Waals surface area contributed by atoms with Crippen molar-refractivity contribution in [3.05, 3.63) is 42.4 Å². The molecule has 1 N–H and O–H groups in total. The number of aromatic nitrogens is 5. The van der Waals surface area contributed by atoms with Gasteiger partial charge in [-0.2, -0.15) is 5.10 Å². The second kappa shape index (κ2) is 5.43. The maximum atomic E-state index is 4.48. The molecule has 0 spiro atoms. The molecule has 1 saturated heterocycles. The zero-order valence-corrected chi connectivity index (χ0v) is 13.3. The van der Waals surface area contributed by atoms with Gasteiger partial charge in [0.15, 0.2) is 11.5 Å². The highest BCUT2D eigenvalue weighted by Gasteiger charge is 2.29. The Morgan fingerprint density at radius 2 is 2.00 bits per heavy atom. The van der Waals surface area contributed by atoms with E-state index in [1.165, 1.54) is 12.8 Å². The van der Waals surface area contributed by atoms with E-state index in [1.54, 1.807) is 10.7 Å². The van der Waals surface area contributed by atoms with Crippen LogP contribution in [0.1, 0.15) is 24.5 Å². The molecule has 2 fully saturated rings. The summed E-state index contributed by atoms with van der Waals surface area (Å²) in [6, 6.07) is 8.19. The first kappa shape index (κ1) is 13.7. The highest BCUT2D eigenvalue weighted by atomic mass is 15.3. The van der Waals surface area contributed by atoms with Crippen LogP contribution >= 0.6 is 0 Å². The number of hydrogen-bond acceptors (Lipinski definition) is 6. The molecule has 1 aliphatic heterocycles. The van der Waals surface area contributed by atoms with Crippen molar-refractivity contribution in [2.75, 3.05) is 29.9 Å². The van der Waals surface area contributed by atoms with Gasteiger partial charge in [0.1, 0.15) is 5.82 Å². The predicted molar refractivity (Wildman–Crippen MR) is 91.2 cm³/mol. The van der Waals surface area contributed by atoms with Gasteiger partial charge in [0.25, 0.3) is 0 Å². The maximum Gasteiger partial charge on any atom is 0.153 e. The fourth-order valence-corrected chi connectivity index (χ4v) is 3.15.